The average Bonchev–Trinajstić information content (AvgIpc) is 2.27. The van der Waals surface area contributed by atoms with Crippen LogP contribution < -0.4 is 5.32 Å². The predicted octanol–water partition coefficient (Wildman–Crippen LogP) is -0.552. The molecule has 2 N–H and O–H groups in total. The number of nitrogens with one attached hydrogen (secondary N) is 1. The fourth-order valence-corrected chi connectivity index (χ4v) is 1.87. The van der Waals surface area contributed by atoms with Crippen LogP contribution in [0.15, 0.2) is 0 Å². The fraction of sp³-hybridized carbons (Fsp3) is 0.857. The Kier molecular flexibility index (Phi) is 1.58. The van der Waals surface area contributed by atoms with Crippen molar-refractivity contribution in [1.29, 1.82) is 0 Å². The van der Waals surface area contributed by atoms with Crippen LogP contribution in [0.2, 0.25) is 0 Å². The molecular formula is C7H11NO3. The summed E-state index contributed by atoms with van der Waals surface area (Å²) in [5.74, 6) is -0.561. The first kappa shape index (κ1) is 7.06. The molecule has 0 aliphatic carbocycles. The normalized spacial score (nSPS) is 42.4. The summed E-state index contributed by atoms with van der Waals surface area (Å²) < 4.78 is 5.21. The van der Waals surface area contributed by atoms with Crippen molar-refractivity contribution in [2.75, 3.05) is 13.2 Å². The lowest BCUT2D eigenvalue weighted by atomic mass is 9.99. The Bertz CT molecular complexity index is 183. The first-order valence-electron chi connectivity index (χ1n) is 3.84. The van der Waals surface area contributed by atoms with E-state index in [0.29, 0.717) is 13.2 Å². The quantitative estimate of drug-likeness (QED) is 0.536. The van der Waals surface area contributed by atoms with Gasteiger partial charge in [-0.3, -0.25) is 10.1 Å². The van der Waals surface area contributed by atoms with E-state index in [1.807, 2.05) is 0 Å². The van der Waals surface area contributed by atoms with E-state index in [2.05, 4.69) is 5.32 Å². The van der Waals surface area contributed by atoms with Gasteiger partial charge in [0.2, 0.25) is 0 Å². The smallest absolute Gasteiger partial charge is 0.321 e. The summed E-state index contributed by atoms with van der Waals surface area (Å²) in [7, 11) is 0. The number of hydrogen-bond donors (Lipinski definition) is 2. The summed E-state index contributed by atoms with van der Waals surface area (Å²) in [5.41, 5.74) is 0. The summed E-state index contributed by atoms with van der Waals surface area (Å²) in [6, 6.07) is -0.0997. The van der Waals surface area contributed by atoms with Crippen molar-refractivity contribution in [3.63, 3.8) is 0 Å². The third-order valence-electron chi connectivity index (χ3n) is 2.39. The SMILES string of the molecule is O=C(O)C1NC2COCC1C2. The van der Waals surface area contributed by atoms with Gasteiger partial charge in [0.05, 0.1) is 13.2 Å². The van der Waals surface area contributed by atoms with E-state index in [1.165, 1.54) is 0 Å². The molecule has 0 amide bonds. The van der Waals surface area contributed by atoms with Crippen molar-refractivity contribution < 1.29 is 14.6 Å². The zero-order valence-electron chi connectivity index (χ0n) is 6.12. The van der Waals surface area contributed by atoms with E-state index in [4.69, 9.17) is 9.84 Å². The molecule has 0 aromatic rings. The number of carbonyl (C=O) groups is 1. The van der Waals surface area contributed by atoms with Gasteiger partial charge in [0.25, 0.3) is 0 Å². The summed E-state index contributed by atoms with van der Waals surface area (Å²) in [4.78, 5) is 10.6. The van der Waals surface area contributed by atoms with Gasteiger partial charge in [0.1, 0.15) is 6.04 Å². The molecule has 0 radical (unpaired) electrons. The molecule has 4 heteroatoms. The molecule has 62 valence electrons. The average molecular weight is 157 g/mol. The number of carboxylic acids is 1. The summed E-state index contributed by atoms with van der Waals surface area (Å²) >= 11 is 0. The maximum atomic E-state index is 10.6. The molecule has 0 saturated carbocycles. The van der Waals surface area contributed by atoms with E-state index >= 15 is 0 Å². The minimum Gasteiger partial charge on any atom is -0.480 e. The number of ether oxygens (including phenoxy) is 1. The Labute approximate surface area is 64.5 Å². The van der Waals surface area contributed by atoms with Crippen LogP contribution in [-0.2, 0) is 9.53 Å². The van der Waals surface area contributed by atoms with Gasteiger partial charge in [0.15, 0.2) is 0 Å². The molecule has 2 heterocycles. The second kappa shape index (κ2) is 2.46. The third kappa shape index (κ3) is 1.12. The molecule has 4 nitrogen and oxygen atoms in total. The Morgan fingerprint density at radius 2 is 2.36 bits per heavy atom. The predicted molar refractivity (Wildman–Crippen MR) is 37.3 cm³/mol. The zero-order chi connectivity index (χ0) is 7.84. The van der Waals surface area contributed by atoms with Gasteiger partial charge in [-0.05, 0) is 6.42 Å². The van der Waals surface area contributed by atoms with Crippen LogP contribution in [0.1, 0.15) is 6.42 Å². The molecule has 2 rings (SSSR count). The topological polar surface area (TPSA) is 58.6 Å². The van der Waals surface area contributed by atoms with Gasteiger partial charge in [-0.1, -0.05) is 0 Å². The number of hydrogen-bond acceptors (Lipinski definition) is 3. The van der Waals surface area contributed by atoms with Gasteiger partial charge in [-0.2, -0.15) is 0 Å². The molecule has 2 fully saturated rings. The Hall–Kier alpha value is -0.610. The van der Waals surface area contributed by atoms with Crippen LogP contribution >= 0.6 is 0 Å². The van der Waals surface area contributed by atoms with Crippen molar-refractivity contribution in [2.45, 2.75) is 18.5 Å². The molecule has 2 saturated heterocycles. The van der Waals surface area contributed by atoms with Gasteiger partial charge in [-0.25, -0.2) is 0 Å². The molecule has 0 spiro atoms. The monoisotopic (exact) mass is 157 g/mol. The molecule has 0 aromatic carbocycles. The molecule has 11 heavy (non-hydrogen) atoms. The lowest BCUT2D eigenvalue weighted by molar-refractivity contribution is -0.140. The standard InChI is InChI=1S/C7H11NO3/c9-7(10)6-4-1-5(8-6)3-11-2-4/h4-6,8H,1-3H2,(H,9,10). The second-order valence-corrected chi connectivity index (χ2v) is 3.21. The largest absolute Gasteiger partial charge is 0.480 e. The first-order valence-corrected chi connectivity index (χ1v) is 3.84. The molecule has 3 atom stereocenters. The van der Waals surface area contributed by atoms with Crippen LogP contribution in [0.25, 0.3) is 0 Å². The summed E-state index contributed by atoms with van der Waals surface area (Å²) in [6.07, 6.45) is 0.955. The zero-order valence-corrected chi connectivity index (χ0v) is 6.12. The van der Waals surface area contributed by atoms with Crippen LogP contribution in [0.4, 0.5) is 0 Å². The lowest BCUT2D eigenvalue weighted by Crippen LogP contribution is -2.37. The fourth-order valence-electron chi connectivity index (χ4n) is 1.87. The summed E-state index contributed by atoms with van der Waals surface area (Å²) in [6.45, 7) is 1.26. The van der Waals surface area contributed by atoms with Gasteiger partial charge >= 0.3 is 5.97 Å². The van der Waals surface area contributed by atoms with Crippen LogP contribution in [0.3, 0.4) is 0 Å². The minimum absolute atomic E-state index is 0.186. The molecule has 2 aliphatic rings. The van der Waals surface area contributed by atoms with Gasteiger partial charge in [-0.15, -0.1) is 0 Å². The number of carboxylic acid groups (broad SMARTS) is 1. The number of fused-ring (bicyclic) bond motifs is 2. The second-order valence-electron chi connectivity index (χ2n) is 3.21. The third-order valence-corrected chi connectivity index (χ3v) is 2.39. The van der Waals surface area contributed by atoms with E-state index < -0.39 is 5.97 Å². The van der Waals surface area contributed by atoms with Crippen LogP contribution in [0.5, 0.6) is 0 Å². The van der Waals surface area contributed by atoms with Crippen LogP contribution in [0, 0.1) is 5.92 Å². The summed E-state index contributed by atoms with van der Waals surface area (Å²) in [5, 5.41) is 11.8. The van der Waals surface area contributed by atoms with Gasteiger partial charge < -0.3 is 9.84 Å². The molecular weight excluding hydrogens is 146 g/mol. The number of rotatable bonds is 1. The molecule has 3 unspecified atom stereocenters. The van der Waals surface area contributed by atoms with Crippen molar-refractivity contribution in [1.82, 2.24) is 5.32 Å². The van der Waals surface area contributed by atoms with Gasteiger partial charge in [0, 0.05) is 12.0 Å². The van der Waals surface area contributed by atoms with Crippen molar-refractivity contribution in [2.24, 2.45) is 5.92 Å². The van der Waals surface area contributed by atoms with E-state index in [1.54, 1.807) is 0 Å². The van der Waals surface area contributed by atoms with E-state index in [0.717, 1.165) is 6.42 Å². The Morgan fingerprint density at radius 3 is 3.00 bits per heavy atom. The Morgan fingerprint density at radius 1 is 1.55 bits per heavy atom. The molecule has 0 aromatic heterocycles. The highest BCUT2D eigenvalue weighted by Gasteiger charge is 2.40. The maximum Gasteiger partial charge on any atom is 0.321 e. The molecule has 2 bridgehead atoms. The van der Waals surface area contributed by atoms with E-state index in [9.17, 15) is 4.79 Å². The lowest BCUT2D eigenvalue weighted by Gasteiger charge is -2.17. The number of aliphatic carboxylic acids is 1. The highest BCUT2D eigenvalue weighted by molar-refractivity contribution is 5.74. The first-order chi connectivity index (χ1) is 5.27. The van der Waals surface area contributed by atoms with Crippen LogP contribution in [-0.4, -0.2) is 36.4 Å². The minimum atomic E-state index is -0.747. The Balaban J connectivity index is 2.08. The maximum absolute atomic E-state index is 10.6. The molecule has 2 aliphatic heterocycles. The highest BCUT2D eigenvalue weighted by atomic mass is 16.5. The van der Waals surface area contributed by atoms with Crippen molar-refractivity contribution in [3.05, 3.63) is 0 Å². The van der Waals surface area contributed by atoms with E-state index in [-0.39, 0.29) is 18.0 Å². The van der Waals surface area contributed by atoms with Crippen molar-refractivity contribution in [3.8, 4) is 0 Å². The van der Waals surface area contributed by atoms with Crippen molar-refractivity contribution >= 4 is 5.97 Å². The highest BCUT2D eigenvalue weighted by Crippen LogP contribution is 2.25.